The summed E-state index contributed by atoms with van der Waals surface area (Å²) in [5.74, 6) is -0.379. The van der Waals surface area contributed by atoms with Crippen LogP contribution in [0.5, 0.6) is 5.75 Å². The highest BCUT2D eigenvalue weighted by atomic mass is 35.5. The molecule has 0 atom stereocenters. The number of hydrogen-bond donors (Lipinski definition) is 0. The van der Waals surface area contributed by atoms with E-state index in [1.165, 1.54) is 18.2 Å². The van der Waals surface area contributed by atoms with Crippen LogP contribution < -0.4 is 4.74 Å². The zero-order valence-electron chi connectivity index (χ0n) is 15.8. The standard InChI is InChI=1S/C21H22ClFN2O3/c1-14(2)28-19-7-6-16(22)13-18(19)21(27)25-10-8-24(9-11-25)20(26)15-4-3-5-17(23)12-15/h3-7,12-14H,8-11H2,1-2H3. The van der Waals surface area contributed by atoms with Crippen molar-refractivity contribution in [3.8, 4) is 5.75 Å². The zero-order chi connectivity index (χ0) is 20.3. The SMILES string of the molecule is CC(C)Oc1ccc(Cl)cc1C(=O)N1CCN(C(=O)c2cccc(F)c2)CC1. The van der Waals surface area contributed by atoms with Crippen LogP contribution in [0, 0.1) is 5.82 Å². The molecule has 1 heterocycles. The molecule has 0 spiro atoms. The Labute approximate surface area is 168 Å². The van der Waals surface area contributed by atoms with Gasteiger partial charge in [0, 0.05) is 36.8 Å². The van der Waals surface area contributed by atoms with Gasteiger partial charge in [-0.05, 0) is 50.2 Å². The predicted molar refractivity (Wildman–Crippen MR) is 105 cm³/mol. The van der Waals surface area contributed by atoms with E-state index in [-0.39, 0.29) is 17.9 Å². The van der Waals surface area contributed by atoms with E-state index in [4.69, 9.17) is 16.3 Å². The molecule has 1 aliphatic heterocycles. The van der Waals surface area contributed by atoms with Crippen molar-refractivity contribution in [1.29, 1.82) is 0 Å². The fourth-order valence-electron chi connectivity index (χ4n) is 3.11. The van der Waals surface area contributed by atoms with E-state index in [2.05, 4.69) is 0 Å². The number of hydrogen-bond acceptors (Lipinski definition) is 3. The Balaban J connectivity index is 1.69. The van der Waals surface area contributed by atoms with Crippen LogP contribution in [-0.2, 0) is 0 Å². The number of nitrogens with zero attached hydrogens (tertiary/aromatic N) is 2. The second-order valence-electron chi connectivity index (χ2n) is 6.90. The molecule has 0 radical (unpaired) electrons. The van der Waals surface area contributed by atoms with Crippen LogP contribution in [0.2, 0.25) is 5.02 Å². The van der Waals surface area contributed by atoms with E-state index in [9.17, 15) is 14.0 Å². The lowest BCUT2D eigenvalue weighted by molar-refractivity contribution is 0.0532. The van der Waals surface area contributed by atoms with Crippen LogP contribution in [0.15, 0.2) is 42.5 Å². The van der Waals surface area contributed by atoms with Crippen molar-refractivity contribution >= 4 is 23.4 Å². The second-order valence-corrected chi connectivity index (χ2v) is 7.34. The van der Waals surface area contributed by atoms with Gasteiger partial charge in [0.25, 0.3) is 11.8 Å². The molecule has 0 bridgehead atoms. The lowest BCUT2D eigenvalue weighted by Crippen LogP contribution is -2.50. The number of carbonyl (C=O) groups is 2. The van der Waals surface area contributed by atoms with Gasteiger partial charge in [-0.2, -0.15) is 0 Å². The minimum Gasteiger partial charge on any atom is -0.490 e. The predicted octanol–water partition coefficient (Wildman–Crippen LogP) is 3.86. The summed E-state index contributed by atoms with van der Waals surface area (Å²) in [4.78, 5) is 28.8. The Morgan fingerprint density at radius 3 is 2.25 bits per heavy atom. The summed E-state index contributed by atoms with van der Waals surface area (Å²) >= 11 is 6.07. The van der Waals surface area contributed by atoms with E-state index in [0.717, 1.165) is 0 Å². The smallest absolute Gasteiger partial charge is 0.257 e. The molecule has 2 amide bonds. The zero-order valence-corrected chi connectivity index (χ0v) is 16.6. The maximum atomic E-state index is 13.4. The van der Waals surface area contributed by atoms with Crippen LogP contribution in [-0.4, -0.2) is 53.9 Å². The molecule has 1 fully saturated rings. The minimum absolute atomic E-state index is 0.0755. The third-order valence-corrected chi connectivity index (χ3v) is 4.70. The van der Waals surface area contributed by atoms with Gasteiger partial charge in [-0.3, -0.25) is 9.59 Å². The van der Waals surface area contributed by atoms with E-state index in [1.807, 2.05) is 13.8 Å². The van der Waals surface area contributed by atoms with Gasteiger partial charge < -0.3 is 14.5 Å². The minimum atomic E-state index is -0.446. The average Bonchev–Trinajstić information content (AvgIpc) is 2.68. The summed E-state index contributed by atoms with van der Waals surface area (Å²) in [6, 6.07) is 10.6. The number of ether oxygens (including phenoxy) is 1. The summed E-state index contributed by atoms with van der Waals surface area (Å²) in [5, 5.41) is 0.458. The van der Waals surface area contributed by atoms with Crippen LogP contribution >= 0.6 is 11.6 Å². The molecule has 2 aromatic rings. The normalized spacial score (nSPS) is 14.3. The molecule has 5 nitrogen and oxygen atoms in total. The van der Waals surface area contributed by atoms with Gasteiger partial charge in [-0.25, -0.2) is 4.39 Å². The molecular formula is C21H22ClFN2O3. The first-order chi connectivity index (χ1) is 13.3. The Morgan fingerprint density at radius 1 is 1.00 bits per heavy atom. The van der Waals surface area contributed by atoms with Crippen molar-refractivity contribution in [2.45, 2.75) is 20.0 Å². The van der Waals surface area contributed by atoms with Crippen molar-refractivity contribution in [1.82, 2.24) is 9.80 Å². The number of benzene rings is 2. The molecule has 2 aromatic carbocycles. The highest BCUT2D eigenvalue weighted by Gasteiger charge is 2.27. The van der Waals surface area contributed by atoms with Gasteiger partial charge in [0.1, 0.15) is 11.6 Å². The Kier molecular flexibility index (Phi) is 6.19. The lowest BCUT2D eigenvalue weighted by Gasteiger charge is -2.35. The molecule has 0 N–H and O–H groups in total. The van der Waals surface area contributed by atoms with Gasteiger partial charge in [0.2, 0.25) is 0 Å². The third-order valence-electron chi connectivity index (χ3n) is 4.46. The Hall–Kier alpha value is -2.60. The average molecular weight is 405 g/mol. The molecule has 7 heteroatoms. The van der Waals surface area contributed by atoms with Crippen LogP contribution in [0.3, 0.4) is 0 Å². The molecule has 0 aliphatic carbocycles. The summed E-state index contributed by atoms with van der Waals surface area (Å²) in [6.07, 6.45) is -0.0755. The fraction of sp³-hybridized carbons (Fsp3) is 0.333. The van der Waals surface area contributed by atoms with Crippen LogP contribution in [0.1, 0.15) is 34.6 Å². The highest BCUT2D eigenvalue weighted by molar-refractivity contribution is 6.31. The highest BCUT2D eigenvalue weighted by Crippen LogP contribution is 2.26. The molecular weight excluding hydrogens is 383 g/mol. The molecule has 0 unspecified atom stereocenters. The number of rotatable bonds is 4. The van der Waals surface area contributed by atoms with E-state index in [1.54, 1.807) is 34.1 Å². The molecule has 148 valence electrons. The van der Waals surface area contributed by atoms with Crippen molar-refractivity contribution in [2.24, 2.45) is 0 Å². The molecule has 0 saturated carbocycles. The van der Waals surface area contributed by atoms with Crippen molar-refractivity contribution in [3.63, 3.8) is 0 Å². The van der Waals surface area contributed by atoms with Gasteiger partial charge in [0.05, 0.1) is 11.7 Å². The maximum absolute atomic E-state index is 13.4. The first-order valence-electron chi connectivity index (χ1n) is 9.15. The number of piperazine rings is 1. The second kappa shape index (κ2) is 8.61. The van der Waals surface area contributed by atoms with Gasteiger partial charge in [0.15, 0.2) is 0 Å². The maximum Gasteiger partial charge on any atom is 0.257 e. The fourth-order valence-corrected chi connectivity index (χ4v) is 3.29. The largest absolute Gasteiger partial charge is 0.490 e. The van der Waals surface area contributed by atoms with Crippen molar-refractivity contribution in [3.05, 3.63) is 64.4 Å². The summed E-state index contributed by atoms with van der Waals surface area (Å²) in [6.45, 7) is 5.30. The molecule has 0 aromatic heterocycles. The van der Waals surface area contributed by atoms with E-state index < -0.39 is 5.82 Å². The lowest BCUT2D eigenvalue weighted by atomic mass is 10.1. The Bertz CT molecular complexity index is 880. The van der Waals surface area contributed by atoms with Crippen LogP contribution in [0.25, 0.3) is 0 Å². The summed E-state index contributed by atoms with van der Waals surface area (Å²) in [5.41, 5.74) is 0.716. The number of halogens is 2. The van der Waals surface area contributed by atoms with Gasteiger partial charge in [-0.1, -0.05) is 17.7 Å². The van der Waals surface area contributed by atoms with Gasteiger partial charge >= 0.3 is 0 Å². The summed E-state index contributed by atoms with van der Waals surface area (Å²) in [7, 11) is 0. The summed E-state index contributed by atoms with van der Waals surface area (Å²) < 4.78 is 19.1. The quantitative estimate of drug-likeness (QED) is 0.777. The monoisotopic (exact) mass is 404 g/mol. The van der Waals surface area contributed by atoms with Crippen LogP contribution in [0.4, 0.5) is 4.39 Å². The molecule has 1 aliphatic rings. The van der Waals surface area contributed by atoms with Crippen molar-refractivity contribution < 1.29 is 18.7 Å². The first kappa shape index (κ1) is 20.1. The van der Waals surface area contributed by atoms with E-state index in [0.29, 0.717) is 48.1 Å². The van der Waals surface area contributed by atoms with Crippen molar-refractivity contribution in [2.75, 3.05) is 26.2 Å². The third kappa shape index (κ3) is 4.62. The topological polar surface area (TPSA) is 49.9 Å². The molecule has 28 heavy (non-hydrogen) atoms. The number of carbonyl (C=O) groups excluding carboxylic acids is 2. The Morgan fingerprint density at radius 2 is 1.64 bits per heavy atom. The first-order valence-corrected chi connectivity index (χ1v) is 9.53. The molecule has 1 saturated heterocycles. The number of amides is 2. The molecule has 3 rings (SSSR count). The van der Waals surface area contributed by atoms with E-state index >= 15 is 0 Å². The van der Waals surface area contributed by atoms with Gasteiger partial charge in [-0.15, -0.1) is 0 Å².